The van der Waals surface area contributed by atoms with E-state index >= 15 is 0 Å². The summed E-state index contributed by atoms with van der Waals surface area (Å²) in [6.07, 6.45) is 0. The number of hydrogen-bond donors (Lipinski definition) is 0. The Balaban J connectivity index is 1.18. The highest BCUT2D eigenvalue weighted by atomic mass is 15.1. The fourth-order valence-electron chi connectivity index (χ4n) is 9.13. The number of fused-ring (bicyclic) bond motifs is 9. The van der Waals surface area contributed by atoms with E-state index in [9.17, 15) is 21.0 Å². The van der Waals surface area contributed by atoms with Crippen LogP contribution in [0.4, 0.5) is 0 Å². The van der Waals surface area contributed by atoms with Gasteiger partial charge < -0.3 is 13.7 Å². The van der Waals surface area contributed by atoms with E-state index in [1.807, 2.05) is 89.5 Å². The first-order chi connectivity index (χ1) is 29.1. The molecule has 59 heavy (non-hydrogen) atoms. The molecule has 0 fully saturated rings. The van der Waals surface area contributed by atoms with E-state index in [0.29, 0.717) is 22.3 Å². The van der Waals surface area contributed by atoms with Crippen molar-refractivity contribution in [2.24, 2.45) is 0 Å². The predicted molar refractivity (Wildman–Crippen MR) is 234 cm³/mol. The Kier molecular flexibility index (Phi) is 7.28. The zero-order valence-electron chi connectivity index (χ0n) is 31.2. The van der Waals surface area contributed by atoms with Gasteiger partial charge in [0, 0.05) is 49.1 Å². The summed E-state index contributed by atoms with van der Waals surface area (Å²) in [6.45, 7) is 0. The SMILES string of the molecule is N#Cc1ccc2c(c1)c1ccccc1n2-c1cccc2c3ccccc3n(-c3ccccc3-c3ccc(-n4c5ccc(C#N)cc5c5cccc(C#N)c54)cc3C#N)c12. The molecule has 270 valence electrons. The van der Waals surface area contributed by atoms with Crippen LogP contribution >= 0.6 is 0 Å². The maximum absolute atomic E-state index is 10.9. The molecule has 0 bridgehead atoms. The van der Waals surface area contributed by atoms with Gasteiger partial charge in [-0.3, -0.25) is 0 Å². The van der Waals surface area contributed by atoms with E-state index in [1.54, 1.807) is 12.1 Å². The minimum atomic E-state index is 0.477. The molecule has 11 rings (SSSR count). The van der Waals surface area contributed by atoms with Crippen LogP contribution in [0, 0.1) is 45.3 Å². The van der Waals surface area contributed by atoms with Crippen molar-refractivity contribution in [1.82, 2.24) is 13.7 Å². The number of rotatable bonds is 4. The normalized spacial score (nSPS) is 11.3. The van der Waals surface area contributed by atoms with Crippen LogP contribution in [-0.2, 0) is 0 Å². The Morgan fingerprint density at radius 3 is 1.58 bits per heavy atom. The Hall–Kier alpha value is -8.88. The number of para-hydroxylation sites is 5. The van der Waals surface area contributed by atoms with E-state index in [-0.39, 0.29) is 0 Å². The van der Waals surface area contributed by atoms with Crippen LogP contribution in [-0.4, -0.2) is 13.7 Å². The largest absolute Gasteiger partial charge is 0.308 e. The molecule has 3 heterocycles. The monoisotopic (exact) mass is 749 g/mol. The fraction of sp³-hybridized carbons (Fsp3) is 0. The Morgan fingerprint density at radius 1 is 0.322 bits per heavy atom. The zero-order chi connectivity index (χ0) is 39.8. The van der Waals surface area contributed by atoms with Crippen molar-refractivity contribution in [3.05, 3.63) is 186 Å². The topological polar surface area (TPSA) is 110 Å². The van der Waals surface area contributed by atoms with Crippen molar-refractivity contribution in [3.8, 4) is 52.5 Å². The number of benzene rings is 8. The van der Waals surface area contributed by atoms with Gasteiger partial charge in [0.05, 0.1) is 84.9 Å². The molecule has 0 atom stereocenters. The molecule has 0 unspecified atom stereocenters. The summed E-state index contributed by atoms with van der Waals surface area (Å²) in [6, 6.07) is 63.7. The molecule has 11 aromatic rings. The molecule has 0 aliphatic rings. The summed E-state index contributed by atoms with van der Waals surface area (Å²) in [5.41, 5.74) is 12.0. The van der Waals surface area contributed by atoms with E-state index in [2.05, 4.69) is 100 Å². The van der Waals surface area contributed by atoms with Crippen LogP contribution in [0.5, 0.6) is 0 Å². The Morgan fingerprint density at radius 2 is 0.864 bits per heavy atom. The van der Waals surface area contributed by atoms with Crippen LogP contribution in [0.25, 0.3) is 93.6 Å². The summed E-state index contributed by atoms with van der Waals surface area (Å²) < 4.78 is 6.63. The highest BCUT2D eigenvalue weighted by molar-refractivity contribution is 6.16. The van der Waals surface area contributed by atoms with Gasteiger partial charge in [0.15, 0.2) is 0 Å². The second kappa shape index (κ2) is 12.8. The molecule has 7 heteroatoms. The average molecular weight is 750 g/mol. The highest BCUT2D eigenvalue weighted by Gasteiger charge is 2.23. The van der Waals surface area contributed by atoms with E-state index in [0.717, 1.165) is 93.6 Å². The number of aromatic nitrogens is 3. The molecule has 8 aromatic carbocycles. The van der Waals surface area contributed by atoms with Crippen LogP contribution in [0.2, 0.25) is 0 Å². The zero-order valence-corrected chi connectivity index (χ0v) is 31.2. The van der Waals surface area contributed by atoms with Crippen LogP contribution in [0.3, 0.4) is 0 Å². The first kappa shape index (κ1) is 33.5. The van der Waals surface area contributed by atoms with Crippen LogP contribution < -0.4 is 0 Å². The van der Waals surface area contributed by atoms with Crippen LogP contribution in [0.15, 0.2) is 164 Å². The highest BCUT2D eigenvalue weighted by Crippen LogP contribution is 2.43. The molecular weight excluding hydrogens is 723 g/mol. The van der Waals surface area contributed by atoms with Crippen molar-refractivity contribution in [1.29, 1.82) is 21.0 Å². The van der Waals surface area contributed by atoms with Crippen LogP contribution in [0.1, 0.15) is 22.3 Å². The van der Waals surface area contributed by atoms with Gasteiger partial charge in [-0.2, -0.15) is 21.0 Å². The smallest absolute Gasteiger partial charge is 0.101 e. The molecule has 3 aromatic heterocycles. The van der Waals surface area contributed by atoms with Gasteiger partial charge in [-0.25, -0.2) is 0 Å². The van der Waals surface area contributed by atoms with Crippen molar-refractivity contribution >= 4 is 65.4 Å². The molecule has 0 aliphatic carbocycles. The molecule has 0 radical (unpaired) electrons. The minimum Gasteiger partial charge on any atom is -0.308 e. The number of nitrogens with zero attached hydrogens (tertiary/aromatic N) is 7. The predicted octanol–water partition coefficient (Wildman–Crippen LogP) is 12.1. The molecule has 0 saturated carbocycles. The van der Waals surface area contributed by atoms with E-state index in [1.165, 1.54) is 0 Å². The lowest BCUT2D eigenvalue weighted by atomic mass is 9.97. The third-order valence-electron chi connectivity index (χ3n) is 11.6. The molecule has 0 saturated heterocycles. The second-order valence-corrected chi connectivity index (χ2v) is 14.6. The lowest BCUT2D eigenvalue weighted by Crippen LogP contribution is -2.03. The summed E-state index contributed by atoms with van der Waals surface area (Å²) in [5.74, 6) is 0. The standard InChI is InChI=1S/C52H27N7/c53-28-32-20-24-49-43(25-32)40-12-3-4-15-45(40)58(49)50-18-8-14-41-39-11-2-6-17-47(39)59(52(41)50)46-16-5-1-10-38(46)37-22-21-36(27-35(37)31-56)57-48-23-19-33(29-54)26-44(48)42-13-7-9-34(30-55)51(42)57/h1-27H. The average Bonchev–Trinajstić information content (AvgIpc) is 3.94. The van der Waals surface area contributed by atoms with Gasteiger partial charge in [-0.1, -0.05) is 84.9 Å². The maximum Gasteiger partial charge on any atom is 0.101 e. The van der Waals surface area contributed by atoms with E-state index in [4.69, 9.17) is 0 Å². The van der Waals surface area contributed by atoms with Gasteiger partial charge in [0.2, 0.25) is 0 Å². The van der Waals surface area contributed by atoms with Gasteiger partial charge in [0.25, 0.3) is 0 Å². The third-order valence-corrected chi connectivity index (χ3v) is 11.6. The van der Waals surface area contributed by atoms with E-state index < -0.39 is 0 Å². The van der Waals surface area contributed by atoms with Crippen molar-refractivity contribution in [2.75, 3.05) is 0 Å². The van der Waals surface area contributed by atoms with Gasteiger partial charge >= 0.3 is 0 Å². The number of hydrogen-bond acceptors (Lipinski definition) is 4. The summed E-state index contributed by atoms with van der Waals surface area (Å²) in [5, 5.41) is 46.6. The summed E-state index contributed by atoms with van der Waals surface area (Å²) >= 11 is 0. The van der Waals surface area contributed by atoms with Gasteiger partial charge in [-0.15, -0.1) is 0 Å². The van der Waals surface area contributed by atoms with Crippen molar-refractivity contribution < 1.29 is 0 Å². The summed E-state index contributed by atoms with van der Waals surface area (Å²) in [4.78, 5) is 0. The van der Waals surface area contributed by atoms with Crippen molar-refractivity contribution in [3.63, 3.8) is 0 Å². The second-order valence-electron chi connectivity index (χ2n) is 14.6. The minimum absolute atomic E-state index is 0.477. The molecule has 7 nitrogen and oxygen atoms in total. The van der Waals surface area contributed by atoms with Gasteiger partial charge in [-0.05, 0) is 78.9 Å². The quantitative estimate of drug-likeness (QED) is 0.178. The first-order valence-electron chi connectivity index (χ1n) is 19.1. The van der Waals surface area contributed by atoms with Crippen molar-refractivity contribution in [2.45, 2.75) is 0 Å². The Bertz CT molecular complexity index is 3790. The molecular formula is C52H27N7. The lowest BCUT2D eigenvalue weighted by Gasteiger charge is -2.18. The Labute approximate surface area is 337 Å². The van der Waals surface area contributed by atoms with Gasteiger partial charge in [0.1, 0.15) is 6.07 Å². The fourth-order valence-corrected chi connectivity index (χ4v) is 9.13. The lowest BCUT2D eigenvalue weighted by molar-refractivity contribution is 1.13. The molecule has 0 N–H and O–H groups in total. The molecule has 0 spiro atoms. The molecule has 0 aliphatic heterocycles. The third kappa shape index (κ3) is 4.78. The first-order valence-corrected chi connectivity index (χ1v) is 19.1. The number of nitriles is 4. The maximum atomic E-state index is 10.9. The molecule has 0 amide bonds. The summed E-state index contributed by atoms with van der Waals surface area (Å²) in [7, 11) is 0.